The molecule has 1 aliphatic heterocycles. The molecule has 1 aromatic heterocycles. The zero-order valence-electron chi connectivity index (χ0n) is 9.12. The second-order valence-corrected chi connectivity index (χ2v) is 4.09. The Bertz CT molecular complexity index is 305. The van der Waals surface area contributed by atoms with Gasteiger partial charge in [-0.3, -0.25) is 4.68 Å². The molecular weight excluding hydrogens is 193 g/mol. The van der Waals surface area contributed by atoms with Crippen molar-refractivity contribution < 1.29 is 4.39 Å². The summed E-state index contributed by atoms with van der Waals surface area (Å²) in [5.41, 5.74) is 0.705. The van der Waals surface area contributed by atoms with E-state index < -0.39 is 6.17 Å². The second kappa shape index (κ2) is 4.75. The van der Waals surface area contributed by atoms with Crippen LogP contribution < -0.4 is 5.32 Å². The molecule has 0 aromatic carbocycles. The average Bonchev–Trinajstić information content (AvgIpc) is 2.78. The van der Waals surface area contributed by atoms with Crippen molar-refractivity contribution in [3.8, 4) is 0 Å². The third-order valence-corrected chi connectivity index (χ3v) is 3.00. The summed E-state index contributed by atoms with van der Waals surface area (Å²) in [6, 6.07) is -0.0201. The minimum absolute atomic E-state index is 0.0201. The van der Waals surface area contributed by atoms with Crippen molar-refractivity contribution in [1.29, 1.82) is 0 Å². The van der Waals surface area contributed by atoms with Crippen molar-refractivity contribution in [2.45, 2.75) is 44.9 Å². The van der Waals surface area contributed by atoms with Crippen molar-refractivity contribution in [3.05, 3.63) is 18.0 Å². The Morgan fingerprint density at radius 3 is 3.13 bits per heavy atom. The van der Waals surface area contributed by atoms with Crippen molar-refractivity contribution in [1.82, 2.24) is 15.1 Å². The smallest absolute Gasteiger partial charge is 0.143 e. The van der Waals surface area contributed by atoms with Gasteiger partial charge in [-0.2, -0.15) is 5.10 Å². The quantitative estimate of drug-likeness (QED) is 0.829. The number of halogens is 1. The zero-order chi connectivity index (χ0) is 10.7. The van der Waals surface area contributed by atoms with E-state index in [1.807, 2.05) is 6.92 Å². The van der Waals surface area contributed by atoms with Crippen LogP contribution in [0.15, 0.2) is 12.4 Å². The molecule has 1 saturated heterocycles. The van der Waals surface area contributed by atoms with Gasteiger partial charge in [-0.05, 0) is 26.3 Å². The third kappa shape index (κ3) is 2.37. The Labute approximate surface area is 89.7 Å². The van der Waals surface area contributed by atoms with Gasteiger partial charge in [0.05, 0.1) is 6.20 Å². The highest BCUT2D eigenvalue weighted by Gasteiger charge is 2.25. The summed E-state index contributed by atoms with van der Waals surface area (Å²) in [4.78, 5) is 0. The first-order valence-electron chi connectivity index (χ1n) is 5.71. The van der Waals surface area contributed by atoms with Gasteiger partial charge in [0.2, 0.25) is 0 Å². The van der Waals surface area contributed by atoms with Gasteiger partial charge in [0.25, 0.3) is 0 Å². The van der Waals surface area contributed by atoms with Crippen molar-refractivity contribution in [3.63, 3.8) is 0 Å². The fourth-order valence-corrected chi connectivity index (χ4v) is 2.06. The van der Waals surface area contributed by atoms with Crippen molar-refractivity contribution in [2.75, 3.05) is 6.54 Å². The maximum absolute atomic E-state index is 14.1. The van der Waals surface area contributed by atoms with E-state index in [2.05, 4.69) is 10.4 Å². The summed E-state index contributed by atoms with van der Waals surface area (Å²) in [5.74, 6) is 0. The summed E-state index contributed by atoms with van der Waals surface area (Å²) in [5, 5.41) is 7.33. The lowest BCUT2D eigenvalue weighted by atomic mass is 9.98. The van der Waals surface area contributed by atoms with Crippen LogP contribution in [0.2, 0.25) is 0 Å². The second-order valence-electron chi connectivity index (χ2n) is 4.09. The number of hydrogen-bond acceptors (Lipinski definition) is 2. The largest absolute Gasteiger partial charge is 0.311 e. The average molecular weight is 211 g/mol. The molecule has 0 saturated carbocycles. The Morgan fingerprint density at radius 1 is 1.67 bits per heavy atom. The normalized spacial score (nSPS) is 24.0. The van der Waals surface area contributed by atoms with Gasteiger partial charge in [0.1, 0.15) is 6.17 Å². The molecule has 2 atom stereocenters. The summed E-state index contributed by atoms with van der Waals surface area (Å²) >= 11 is 0. The van der Waals surface area contributed by atoms with Gasteiger partial charge < -0.3 is 5.32 Å². The van der Waals surface area contributed by atoms with E-state index in [-0.39, 0.29) is 6.04 Å². The number of nitrogens with zero attached hydrogens (tertiary/aromatic N) is 2. The standard InChI is InChI=1S/C11H18FN3/c1-2-15-8-9(7-14-15)11(12)10-5-3-4-6-13-10/h7-8,10-11,13H,2-6H2,1H3. The molecule has 0 radical (unpaired) electrons. The topological polar surface area (TPSA) is 29.9 Å². The lowest BCUT2D eigenvalue weighted by molar-refractivity contribution is 0.221. The van der Waals surface area contributed by atoms with Crippen LogP contribution >= 0.6 is 0 Å². The van der Waals surface area contributed by atoms with E-state index >= 15 is 0 Å². The van der Waals surface area contributed by atoms with E-state index in [1.165, 1.54) is 0 Å². The van der Waals surface area contributed by atoms with Crippen molar-refractivity contribution in [2.24, 2.45) is 0 Å². The molecule has 1 fully saturated rings. The Morgan fingerprint density at radius 2 is 2.53 bits per heavy atom. The van der Waals surface area contributed by atoms with Gasteiger partial charge in [0.15, 0.2) is 0 Å². The number of hydrogen-bond donors (Lipinski definition) is 1. The molecule has 2 rings (SSSR count). The Kier molecular flexibility index (Phi) is 3.36. The van der Waals surface area contributed by atoms with Gasteiger partial charge in [-0.25, -0.2) is 4.39 Å². The summed E-state index contributed by atoms with van der Waals surface area (Å²) < 4.78 is 15.8. The number of aryl methyl sites for hydroxylation is 1. The maximum Gasteiger partial charge on any atom is 0.143 e. The van der Waals surface area contributed by atoms with Crippen LogP contribution in [0.3, 0.4) is 0 Å². The molecular formula is C11H18FN3. The molecule has 3 nitrogen and oxygen atoms in total. The van der Waals surface area contributed by atoms with Crippen LogP contribution in [-0.2, 0) is 6.54 Å². The highest BCUT2D eigenvalue weighted by Crippen LogP contribution is 2.25. The zero-order valence-corrected chi connectivity index (χ0v) is 9.12. The summed E-state index contributed by atoms with van der Waals surface area (Å²) in [7, 11) is 0. The number of rotatable bonds is 3. The lowest BCUT2D eigenvalue weighted by Crippen LogP contribution is -2.37. The summed E-state index contributed by atoms with van der Waals surface area (Å²) in [6.45, 7) is 3.74. The van der Waals surface area contributed by atoms with E-state index in [0.717, 1.165) is 32.4 Å². The number of nitrogens with one attached hydrogen (secondary N) is 1. The summed E-state index contributed by atoms with van der Waals surface area (Å²) in [6.07, 6.45) is 5.76. The van der Waals surface area contributed by atoms with Crippen LogP contribution in [0.1, 0.15) is 37.9 Å². The molecule has 4 heteroatoms. The molecule has 0 bridgehead atoms. The first-order valence-corrected chi connectivity index (χ1v) is 5.71. The molecule has 15 heavy (non-hydrogen) atoms. The monoisotopic (exact) mass is 211 g/mol. The van der Waals surface area contributed by atoms with Crippen LogP contribution in [0, 0.1) is 0 Å². The fourth-order valence-electron chi connectivity index (χ4n) is 2.06. The predicted octanol–water partition coefficient (Wildman–Crippen LogP) is 2.06. The van der Waals surface area contributed by atoms with Crippen LogP contribution in [-0.4, -0.2) is 22.4 Å². The minimum atomic E-state index is -0.911. The van der Waals surface area contributed by atoms with Gasteiger partial charge in [-0.15, -0.1) is 0 Å². The molecule has 1 aromatic rings. The fraction of sp³-hybridized carbons (Fsp3) is 0.727. The van der Waals surface area contributed by atoms with Gasteiger partial charge in [0, 0.05) is 24.3 Å². The highest BCUT2D eigenvalue weighted by atomic mass is 19.1. The van der Waals surface area contributed by atoms with E-state index in [1.54, 1.807) is 17.1 Å². The number of alkyl halides is 1. The van der Waals surface area contributed by atoms with Crippen molar-refractivity contribution >= 4 is 0 Å². The molecule has 1 N–H and O–H groups in total. The SMILES string of the molecule is CCn1cc(C(F)C2CCCCN2)cn1. The molecule has 84 valence electrons. The van der Waals surface area contributed by atoms with E-state index in [9.17, 15) is 4.39 Å². The van der Waals surface area contributed by atoms with Crippen LogP contribution in [0.25, 0.3) is 0 Å². The Balaban J connectivity index is 2.02. The molecule has 0 amide bonds. The maximum atomic E-state index is 14.1. The third-order valence-electron chi connectivity index (χ3n) is 3.00. The molecule has 2 heterocycles. The lowest BCUT2D eigenvalue weighted by Gasteiger charge is -2.25. The van der Waals surface area contributed by atoms with Crippen LogP contribution in [0.5, 0.6) is 0 Å². The highest BCUT2D eigenvalue weighted by molar-refractivity contribution is 5.11. The predicted molar refractivity (Wildman–Crippen MR) is 57.4 cm³/mol. The van der Waals surface area contributed by atoms with Crippen LogP contribution in [0.4, 0.5) is 4.39 Å². The first kappa shape index (κ1) is 10.6. The Hall–Kier alpha value is -0.900. The minimum Gasteiger partial charge on any atom is -0.311 e. The van der Waals surface area contributed by atoms with E-state index in [4.69, 9.17) is 0 Å². The first-order chi connectivity index (χ1) is 7.31. The molecule has 0 spiro atoms. The molecule has 0 aliphatic carbocycles. The molecule has 2 unspecified atom stereocenters. The van der Waals surface area contributed by atoms with Gasteiger partial charge >= 0.3 is 0 Å². The van der Waals surface area contributed by atoms with E-state index in [0.29, 0.717) is 5.56 Å². The number of piperidine rings is 1. The molecule has 1 aliphatic rings. The van der Waals surface area contributed by atoms with Gasteiger partial charge in [-0.1, -0.05) is 6.42 Å². The number of aromatic nitrogens is 2.